The molecular weight excluding hydrogens is 316 g/mol. The van der Waals surface area contributed by atoms with Gasteiger partial charge in [0.15, 0.2) is 5.78 Å². The zero-order valence-corrected chi connectivity index (χ0v) is 14.8. The monoisotopic (exact) mass is 340 g/mol. The van der Waals surface area contributed by atoms with E-state index in [4.69, 9.17) is 21.1 Å². The number of aliphatic hydroxyl groups excluding tert-OH is 1. The van der Waals surface area contributed by atoms with Gasteiger partial charge in [-0.2, -0.15) is 0 Å². The van der Waals surface area contributed by atoms with Crippen molar-refractivity contribution in [1.29, 1.82) is 0 Å². The number of ketones is 1. The van der Waals surface area contributed by atoms with Crippen LogP contribution < -0.4 is 9.47 Å². The highest BCUT2D eigenvalue weighted by molar-refractivity contribution is 6.32. The van der Waals surface area contributed by atoms with Crippen molar-refractivity contribution in [2.75, 3.05) is 13.2 Å². The van der Waals surface area contributed by atoms with E-state index in [9.17, 15) is 9.90 Å². The Morgan fingerprint density at radius 2 is 1.70 bits per heavy atom. The molecule has 5 heteroatoms. The van der Waals surface area contributed by atoms with Gasteiger partial charge in [-0.3, -0.25) is 4.79 Å². The number of rotatable bonds is 10. The van der Waals surface area contributed by atoms with E-state index in [2.05, 4.69) is 13.8 Å². The van der Waals surface area contributed by atoms with E-state index in [0.29, 0.717) is 35.3 Å². The Bertz CT molecular complexity index is 552. The van der Waals surface area contributed by atoms with Gasteiger partial charge in [0.05, 0.1) is 23.8 Å². The third kappa shape index (κ3) is 6.53. The Hall–Kier alpha value is -1.68. The number of hydrogen-bond acceptors (Lipinski definition) is 4. The lowest BCUT2D eigenvalue weighted by atomic mass is 10.1. The molecule has 23 heavy (non-hydrogen) atoms. The Balaban J connectivity index is 3.11. The van der Waals surface area contributed by atoms with Crippen LogP contribution in [0.3, 0.4) is 0 Å². The van der Waals surface area contributed by atoms with E-state index in [1.165, 1.54) is 6.92 Å². The lowest BCUT2D eigenvalue weighted by Crippen LogP contribution is -2.03. The van der Waals surface area contributed by atoms with Crippen molar-refractivity contribution in [1.82, 2.24) is 0 Å². The topological polar surface area (TPSA) is 55.8 Å². The highest BCUT2D eigenvalue weighted by atomic mass is 35.5. The molecule has 0 heterocycles. The zero-order valence-electron chi connectivity index (χ0n) is 14.0. The van der Waals surface area contributed by atoms with E-state index in [1.807, 2.05) is 0 Å². The van der Waals surface area contributed by atoms with Gasteiger partial charge in [-0.25, -0.2) is 0 Å². The number of halogens is 1. The summed E-state index contributed by atoms with van der Waals surface area (Å²) >= 11 is 6.22. The number of hydrogen-bond donors (Lipinski definition) is 1. The van der Waals surface area contributed by atoms with Gasteiger partial charge in [0.1, 0.15) is 17.3 Å². The molecule has 0 aliphatic heterocycles. The summed E-state index contributed by atoms with van der Waals surface area (Å²) in [6, 6.07) is 3.24. The van der Waals surface area contributed by atoms with Gasteiger partial charge >= 0.3 is 0 Å². The molecule has 0 unspecified atom stereocenters. The number of allylic oxidation sites excluding steroid dienone is 1. The lowest BCUT2D eigenvalue weighted by molar-refractivity contribution is -0.112. The molecule has 0 saturated carbocycles. The number of aliphatic hydroxyl groups is 1. The summed E-state index contributed by atoms with van der Waals surface area (Å²) in [7, 11) is 0. The van der Waals surface area contributed by atoms with Crippen molar-refractivity contribution < 1.29 is 19.4 Å². The average molecular weight is 341 g/mol. The van der Waals surface area contributed by atoms with E-state index < -0.39 is 0 Å². The maximum absolute atomic E-state index is 11.2. The fourth-order valence-corrected chi connectivity index (χ4v) is 2.11. The fraction of sp³-hybridized carbons (Fsp3) is 0.500. The summed E-state index contributed by atoms with van der Waals surface area (Å²) < 4.78 is 11.4. The molecule has 128 valence electrons. The number of ether oxygens (including phenoxy) is 2. The quantitative estimate of drug-likeness (QED) is 0.362. The number of unbranched alkanes of at least 4 members (excludes halogenated alkanes) is 2. The van der Waals surface area contributed by atoms with Crippen LogP contribution in [0.25, 0.3) is 5.76 Å². The molecule has 1 N–H and O–H groups in total. The molecule has 4 nitrogen and oxygen atoms in total. The molecule has 1 rings (SSSR count). The van der Waals surface area contributed by atoms with Crippen molar-refractivity contribution in [2.24, 2.45) is 0 Å². The van der Waals surface area contributed by atoms with Crippen LogP contribution in [0, 0.1) is 0 Å². The second-order valence-corrected chi connectivity index (χ2v) is 5.73. The lowest BCUT2D eigenvalue weighted by Gasteiger charge is -2.15. The Morgan fingerprint density at radius 1 is 1.13 bits per heavy atom. The molecule has 0 bridgehead atoms. The van der Waals surface area contributed by atoms with Crippen LogP contribution in [0.15, 0.2) is 18.2 Å². The van der Waals surface area contributed by atoms with Crippen molar-refractivity contribution in [3.05, 3.63) is 28.8 Å². The van der Waals surface area contributed by atoms with E-state index in [1.54, 1.807) is 12.1 Å². The highest BCUT2D eigenvalue weighted by Crippen LogP contribution is 2.36. The Morgan fingerprint density at radius 3 is 2.22 bits per heavy atom. The molecule has 1 aromatic carbocycles. The van der Waals surface area contributed by atoms with Gasteiger partial charge in [-0.15, -0.1) is 0 Å². The van der Waals surface area contributed by atoms with Crippen LogP contribution >= 0.6 is 11.6 Å². The smallest absolute Gasteiger partial charge is 0.156 e. The first kappa shape index (κ1) is 19.4. The largest absolute Gasteiger partial charge is 0.507 e. The van der Waals surface area contributed by atoms with Crippen LogP contribution in [0.5, 0.6) is 11.5 Å². The van der Waals surface area contributed by atoms with Crippen LogP contribution in [-0.2, 0) is 4.79 Å². The summed E-state index contributed by atoms with van der Waals surface area (Å²) in [5.41, 5.74) is 0.393. The molecule has 0 atom stereocenters. The minimum Gasteiger partial charge on any atom is -0.507 e. The van der Waals surface area contributed by atoms with Gasteiger partial charge in [-0.05, 0) is 25.8 Å². The average Bonchev–Trinajstić information content (AvgIpc) is 2.49. The summed E-state index contributed by atoms with van der Waals surface area (Å²) in [6.45, 7) is 6.61. The van der Waals surface area contributed by atoms with E-state index in [0.717, 1.165) is 31.8 Å². The molecule has 0 radical (unpaired) electrons. The molecule has 0 spiro atoms. The molecule has 1 aromatic rings. The molecular formula is C18H25ClO4. The molecule has 0 aromatic heterocycles. The van der Waals surface area contributed by atoms with Crippen LogP contribution in [0.4, 0.5) is 0 Å². The molecule has 0 fully saturated rings. The molecule has 0 aliphatic carbocycles. The highest BCUT2D eigenvalue weighted by Gasteiger charge is 2.15. The number of carbonyl (C=O) groups excluding carboxylic acids is 1. The fourth-order valence-electron chi connectivity index (χ4n) is 1.89. The van der Waals surface area contributed by atoms with Gasteiger partial charge in [0.25, 0.3) is 0 Å². The third-order valence-electron chi connectivity index (χ3n) is 3.16. The summed E-state index contributed by atoms with van der Waals surface area (Å²) in [5, 5.41) is 10.5. The normalized spacial score (nSPS) is 11.4. The predicted molar refractivity (Wildman–Crippen MR) is 93.5 cm³/mol. The molecule has 0 amide bonds. The SMILES string of the molecule is CCCCOc1cc(OCCCC)c(C(O)=CC(C)=O)cc1Cl. The maximum Gasteiger partial charge on any atom is 0.156 e. The first-order valence-corrected chi connectivity index (χ1v) is 8.38. The van der Waals surface area contributed by atoms with Gasteiger partial charge in [0.2, 0.25) is 0 Å². The van der Waals surface area contributed by atoms with Crippen molar-refractivity contribution in [2.45, 2.75) is 46.5 Å². The first-order chi connectivity index (χ1) is 11.0. The van der Waals surface area contributed by atoms with Crippen LogP contribution in [0.2, 0.25) is 5.02 Å². The van der Waals surface area contributed by atoms with E-state index >= 15 is 0 Å². The maximum atomic E-state index is 11.2. The Labute approximate surface area is 143 Å². The second kappa shape index (κ2) is 10.2. The predicted octanol–water partition coefficient (Wildman–Crippen LogP) is 5.19. The summed E-state index contributed by atoms with van der Waals surface area (Å²) in [4.78, 5) is 11.2. The van der Waals surface area contributed by atoms with E-state index in [-0.39, 0.29) is 11.5 Å². The second-order valence-electron chi connectivity index (χ2n) is 5.32. The summed E-state index contributed by atoms with van der Waals surface area (Å²) in [6.07, 6.45) is 5.00. The first-order valence-electron chi connectivity index (χ1n) is 8.00. The van der Waals surface area contributed by atoms with Crippen LogP contribution in [0.1, 0.15) is 52.0 Å². The van der Waals surface area contributed by atoms with Crippen molar-refractivity contribution in [3.63, 3.8) is 0 Å². The third-order valence-corrected chi connectivity index (χ3v) is 3.46. The minimum absolute atomic E-state index is 0.161. The van der Waals surface area contributed by atoms with Gasteiger partial charge < -0.3 is 14.6 Å². The summed E-state index contributed by atoms with van der Waals surface area (Å²) in [5.74, 6) is 0.572. The van der Waals surface area contributed by atoms with Crippen molar-refractivity contribution >= 4 is 23.1 Å². The van der Waals surface area contributed by atoms with Crippen LogP contribution in [-0.4, -0.2) is 24.1 Å². The Kier molecular flexibility index (Phi) is 8.56. The van der Waals surface area contributed by atoms with Crippen molar-refractivity contribution in [3.8, 4) is 11.5 Å². The molecule has 0 saturated heterocycles. The zero-order chi connectivity index (χ0) is 17.2. The number of benzene rings is 1. The van der Waals surface area contributed by atoms with Gasteiger partial charge in [0, 0.05) is 12.1 Å². The standard InChI is InChI=1S/C18H25ClO4/c1-4-6-8-22-17-12-18(23-9-7-5-2)15(19)11-14(17)16(21)10-13(3)20/h10-12,21H,4-9H2,1-3H3. The minimum atomic E-state index is -0.249. The molecule has 0 aliphatic rings. The van der Waals surface area contributed by atoms with Gasteiger partial charge in [-0.1, -0.05) is 38.3 Å². The number of carbonyl (C=O) groups is 1.